The maximum Gasteiger partial charge on any atom is 0.0832 e. The summed E-state index contributed by atoms with van der Waals surface area (Å²) in [7, 11) is 0. The lowest BCUT2D eigenvalue weighted by Gasteiger charge is -2.21. The van der Waals surface area contributed by atoms with Crippen molar-refractivity contribution in [2.45, 2.75) is 51.3 Å². The van der Waals surface area contributed by atoms with E-state index < -0.39 is 0 Å². The van der Waals surface area contributed by atoms with Crippen LogP contribution in [0.3, 0.4) is 0 Å². The first-order chi connectivity index (χ1) is 9.36. The van der Waals surface area contributed by atoms with Crippen LogP contribution in [-0.2, 0) is 13.2 Å². The van der Waals surface area contributed by atoms with Crippen molar-refractivity contribution in [3.8, 4) is 0 Å². The molecule has 3 rings (SSSR count). The Kier molecular flexibility index (Phi) is 3.69. The fraction of sp³-hybridized carbons (Fsp3) is 0.533. The SMILES string of the molecule is OCc1cccn1Cc1ccn(C2CCCCC2)n1. The van der Waals surface area contributed by atoms with Gasteiger partial charge in [0.15, 0.2) is 0 Å². The third kappa shape index (κ3) is 2.73. The van der Waals surface area contributed by atoms with E-state index in [0.29, 0.717) is 6.04 Å². The van der Waals surface area contributed by atoms with Gasteiger partial charge in [-0.15, -0.1) is 0 Å². The molecule has 4 heteroatoms. The largest absolute Gasteiger partial charge is 0.390 e. The quantitative estimate of drug-likeness (QED) is 0.917. The summed E-state index contributed by atoms with van der Waals surface area (Å²) in [6.45, 7) is 0.818. The van der Waals surface area contributed by atoms with Gasteiger partial charge in [-0.3, -0.25) is 4.68 Å². The van der Waals surface area contributed by atoms with Crippen LogP contribution in [0.2, 0.25) is 0 Å². The second-order valence-corrected chi connectivity index (χ2v) is 5.36. The van der Waals surface area contributed by atoms with Crippen molar-refractivity contribution in [2.75, 3.05) is 0 Å². The highest BCUT2D eigenvalue weighted by Crippen LogP contribution is 2.27. The molecule has 0 saturated heterocycles. The predicted octanol–water partition coefficient (Wildman–Crippen LogP) is 2.73. The van der Waals surface area contributed by atoms with Gasteiger partial charge in [0.25, 0.3) is 0 Å². The Bertz CT molecular complexity index is 523. The molecule has 0 radical (unpaired) electrons. The van der Waals surface area contributed by atoms with Crippen molar-refractivity contribution in [3.05, 3.63) is 42.0 Å². The molecule has 0 aliphatic heterocycles. The van der Waals surface area contributed by atoms with Crippen molar-refractivity contribution in [2.24, 2.45) is 0 Å². The van der Waals surface area contributed by atoms with E-state index in [0.717, 1.165) is 17.9 Å². The molecule has 0 amide bonds. The van der Waals surface area contributed by atoms with Gasteiger partial charge >= 0.3 is 0 Å². The number of rotatable bonds is 4. The van der Waals surface area contributed by atoms with E-state index in [1.165, 1.54) is 32.1 Å². The van der Waals surface area contributed by atoms with Gasteiger partial charge in [0, 0.05) is 18.1 Å². The number of aliphatic hydroxyl groups is 1. The van der Waals surface area contributed by atoms with Crippen molar-refractivity contribution >= 4 is 0 Å². The smallest absolute Gasteiger partial charge is 0.0832 e. The molecule has 1 aliphatic rings. The first-order valence-corrected chi connectivity index (χ1v) is 7.16. The molecule has 2 heterocycles. The van der Waals surface area contributed by atoms with E-state index in [-0.39, 0.29) is 6.61 Å². The highest BCUT2D eigenvalue weighted by Gasteiger charge is 2.16. The average Bonchev–Trinajstić information content (AvgIpc) is 3.09. The minimum Gasteiger partial charge on any atom is -0.390 e. The minimum absolute atomic E-state index is 0.0797. The molecule has 0 unspecified atom stereocenters. The monoisotopic (exact) mass is 259 g/mol. The summed E-state index contributed by atoms with van der Waals surface area (Å²) in [5, 5.41) is 13.9. The summed E-state index contributed by atoms with van der Waals surface area (Å²) >= 11 is 0. The molecule has 1 fully saturated rings. The maximum atomic E-state index is 9.25. The van der Waals surface area contributed by atoms with Gasteiger partial charge in [-0.25, -0.2) is 0 Å². The molecule has 1 aliphatic carbocycles. The van der Waals surface area contributed by atoms with Crippen molar-refractivity contribution < 1.29 is 5.11 Å². The van der Waals surface area contributed by atoms with Crippen LogP contribution in [0.25, 0.3) is 0 Å². The van der Waals surface area contributed by atoms with E-state index in [4.69, 9.17) is 5.10 Å². The zero-order chi connectivity index (χ0) is 13.1. The van der Waals surface area contributed by atoms with Gasteiger partial charge in [-0.1, -0.05) is 19.3 Å². The Morgan fingerprint density at radius 3 is 2.79 bits per heavy atom. The molecule has 0 atom stereocenters. The maximum absolute atomic E-state index is 9.25. The Balaban J connectivity index is 1.70. The fourth-order valence-electron chi connectivity index (χ4n) is 2.93. The lowest BCUT2D eigenvalue weighted by Crippen LogP contribution is -2.14. The van der Waals surface area contributed by atoms with Crippen molar-refractivity contribution in [1.82, 2.24) is 14.3 Å². The van der Waals surface area contributed by atoms with Crippen LogP contribution in [0.5, 0.6) is 0 Å². The van der Waals surface area contributed by atoms with E-state index >= 15 is 0 Å². The van der Waals surface area contributed by atoms with E-state index in [1.54, 1.807) is 0 Å². The number of hydrogen-bond donors (Lipinski definition) is 1. The molecule has 0 aromatic carbocycles. The Labute approximate surface area is 113 Å². The summed E-state index contributed by atoms with van der Waals surface area (Å²) in [5.74, 6) is 0. The molecule has 2 aromatic rings. The highest BCUT2D eigenvalue weighted by molar-refractivity contribution is 5.10. The molecule has 19 heavy (non-hydrogen) atoms. The minimum atomic E-state index is 0.0797. The first kappa shape index (κ1) is 12.5. The molecular formula is C15H21N3O. The van der Waals surface area contributed by atoms with Gasteiger partial charge in [0.1, 0.15) is 0 Å². The molecule has 1 N–H and O–H groups in total. The van der Waals surface area contributed by atoms with Gasteiger partial charge in [-0.05, 0) is 31.0 Å². The zero-order valence-electron chi connectivity index (χ0n) is 11.2. The first-order valence-electron chi connectivity index (χ1n) is 7.16. The number of aromatic nitrogens is 3. The van der Waals surface area contributed by atoms with Crippen LogP contribution in [0.4, 0.5) is 0 Å². The van der Waals surface area contributed by atoms with Gasteiger partial charge in [-0.2, -0.15) is 5.10 Å². The summed E-state index contributed by atoms with van der Waals surface area (Å²) in [6, 6.07) is 6.59. The van der Waals surface area contributed by atoms with Crippen LogP contribution >= 0.6 is 0 Å². The summed E-state index contributed by atoms with van der Waals surface area (Å²) in [6.07, 6.45) is 10.6. The van der Waals surface area contributed by atoms with Gasteiger partial charge in [0.2, 0.25) is 0 Å². The second-order valence-electron chi connectivity index (χ2n) is 5.36. The Morgan fingerprint density at radius 2 is 2.00 bits per heavy atom. The Morgan fingerprint density at radius 1 is 1.16 bits per heavy atom. The fourth-order valence-corrected chi connectivity index (χ4v) is 2.93. The third-order valence-electron chi connectivity index (χ3n) is 4.03. The zero-order valence-corrected chi connectivity index (χ0v) is 11.2. The van der Waals surface area contributed by atoms with Crippen LogP contribution in [-0.4, -0.2) is 19.5 Å². The van der Waals surface area contributed by atoms with Crippen LogP contribution < -0.4 is 0 Å². The highest BCUT2D eigenvalue weighted by atomic mass is 16.3. The van der Waals surface area contributed by atoms with Gasteiger partial charge < -0.3 is 9.67 Å². The third-order valence-corrected chi connectivity index (χ3v) is 4.03. The molecule has 2 aromatic heterocycles. The van der Waals surface area contributed by atoms with Crippen LogP contribution in [0.1, 0.15) is 49.5 Å². The van der Waals surface area contributed by atoms with Gasteiger partial charge in [0.05, 0.1) is 24.9 Å². The molecule has 1 saturated carbocycles. The summed E-state index contributed by atoms with van der Waals surface area (Å²) in [5.41, 5.74) is 2.00. The van der Waals surface area contributed by atoms with Crippen molar-refractivity contribution in [3.63, 3.8) is 0 Å². The lowest BCUT2D eigenvalue weighted by molar-refractivity contribution is 0.271. The van der Waals surface area contributed by atoms with E-state index in [9.17, 15) is 5.11 Å². The molecule has 0 bridgehead atoms. The van der Waals surface area contributed by atoms with E-state index in [2.05, 4.69) is 16.9 Å². The number of nitrogens with zero attached hydrogens (tertiary/aromatic N) is 3. The molecule has 0 spiro atoms. The number of hydrogen-bond acceptors (Lipinski definition) is 2. The topological polar surface area (TPSA) is 43.0 Å². The average molecular weight is 259 g/mol. The summed E-state index contributed by atoms with van der Waals surface area (Å²) < 4.78 is 4.18. The van der Waals surface area contributed by atoms with Crippen LogP contribution in [0.15, 0.2) is 30.6 Å². The lowest BCUT2D eigenvalue weighted by atomic mass is 9.96. The number of aliphatic hydroxyl groups excluding tert-OH is 1. The van der Waals surface area contributed by atoms with E-state index in [1.807, 2.05) is 22.9 Å². The predicted molar refractivity (Wildman–Crippen MR) is 73.8 cm³/mol. The molecule has 102 valence electrons. The molecule has 4 nitrogen and oxygen atoms in total. The van der Waals surface area contributed by atoms with Crippen LogP contribution in [0, 0.1) is 0 Å². The second kappa shape index (κ2) is 5.61. The Hall–Kier alpha value is -1.55. The standard InChI is InChI=1S/C15H21N3O/c19-12-15-7-4-9-17(15)11-13-8-10-18(16-13)14-5-2-1-3-6-14/h4,7-10,14,19H,1-3,5-6,11-12H2. The molecular weight excluding hydrogens is 238 g/mol. The van der Waals surface area contributed by atoms with Crippen molar-refractivity contribution in [1.29, 1.82) is 0 Å². The summed E-state index contributed by atoms with van der Waals surface area (Å²) in [4.78, 5) is 0. The normalized spacial score (nSPS) is 16.9.